The molecule has 7 rings (SSSR count). The Morgan fingerprint density at radius 2 is 2.02 bits per heavy atom. The van der Waals surface area contributed by atoms with Crippen molar-refractivity contribution in [3.63, 3.8) is 0 Å². The van der Waals surface area contributed by atoms with Gasteiger partial charge in [-0.2, -0.15) is 4.98 Å². The molecule has 1 aromatic carbocycles. The van der Waals surface area contributed by atoms with Crippen LogP contribution in [0, 0.1) is 11.8 Å². The number of amides is 2. The van der Waals surface area contributed by atoms with Gasteiger partial charge in [-0.25, -0.2) is 0 Å². The minimum absolute atomic E-state index is 0.0121. The minimum atomic E-state index is -0.355. The van der Waals surface area contributed by atoms with Crippen molar-refractivity contribution < 1.29 is 14.1 Å². The van der Waals surface area contributed by atoms with Crippen molar-refractivity contribution in [1.82, 2.24) is 25.0 Å². The van der Waals surface area contributed by atoms with E-state index in [1.165, 1.54) is 6.92 Å². The first-order valence-electron chi connectivity index (χ1n) is 14.3. The van der Waals surface area contributed by atoms with E-state index in [9.17, 15) is 14.4 Å². The average molecular weight is 566 g/mol. The van der Waals surface area contributed by atoms with E-state index in [4.69, 9.17) is 4.52 Å². The molecule has 3 aliphatic heterocycles. The Bertz CT molecular complexity index is 1720. The lowest BCUT2D eigenvalue weighted by Gasteiger charge is -2.54. The molecule has 2 N–H and O–H groups in total. The van der Waals surface area contributed by atoms with E-state index in [0.717, 1.165) is 35.5 Å². The fraction of sp³-hybridized carbons (Fsp3) is 0.355. The van der Waals surface area contributed by atoms with Crippen LogP contribution in [-0.2, 0) is 29.0 Å². The van der Waals surface area contributed by atoms with Gasteiger partial charge in [0.1, 0.15) is 0 Å². The molecule has 0 radical (unpaired) electrons. The van der Waals surface area contributed by atoms with Crippen LogP contribution in [0.5, 0.6) is 0 Å². The van der Waals surface area contributed by atoms with Gasteiger partial charge in [0.25, 0.3) is 5.56 Å². The van der Waals surface area contributed by atoms with Crippen molar-refractivity contribution in [1.29, 1.82) is 0 Å². The summed E-state index contributed by atoms with van der Waals surface area (Å²) in [6, 6.07) is 15.0. The number of hydrogen-bond donors (Lipinski definition) is 2. The summed E-state index contributed by atoms with van der Waals surface area (Å²) in [5.74, 6) is 0.694. The zero-order valence-corrected chi connectivity index (χ0v) is 23.2. The molecule has 214 valence electrons. The van der Waals surface area contributed by atoms with E-state index in [1.54, 1.807) is 18.5 Å². The van der Waals surface area contributed by atoms with E-state index < -0.39 is 0 Å². The normalized spacial score (nSPS) is 22.0. The van der Waals surface area contributed by atoms with Gasteiger partial charge in [0, 0.05) is 86.0 Å². The maximum atomic E-state index is 13.9. The Labute approximate surface area is 242 Å². The second kappa shape index (κ2) is 10.6. The van der Waals surface area contributed by atoms with E-state index >= 15 is 0 Å². The summed E-state index contributed by atoms with van der Waals surface area (Å²) in [7, 11) is 0. The number of aromatic nitrogens is 4. The molecule has 11 heteroatoms. The van der Waals surface area contributed by atoms with Crippen molar-refractivity contribution in [2.75, 3.05) is 23.3 Å². The molecule has 2 bridgehead atoms. The molecule has 0 aliphatic carbocycles. The van der Waals surface area contributed by atoms with Gasteiger partial charge < -0.3 is 24.6 Å². The Hall–Kier alpha value is -4.80. The standard InChI is InChI=1S/C31H31N7O4/c1-18(39)34-22-7-8-25-21(13-22)14-24(29-23-12-19(17-38(25)29)16-37-26(23)5-2-6-28(37)40)31(41)33-11-9-27-35-30(36-42-27)20-4-3-10-32-15-20/h2-8,10,13,15,19,23-24,29H,9,11-12,14,16-17H2,1H3,(H,33,41)(H,34,39)/t19-,23+,24?,29+/m0/s1. The van der Waals surface area contributed by atoms with Gasteiger partial charge in [0.15, 0.2) is 0 Å². The number of carbonyl (C=O) groups is 2. The number of anilines is 2. The first-order valence-corrected chi connectivity index (χ1v) is 14.3. The van der Waals surface area contributed by atoms with E-state index in [-0.39, 0.29) is 35.3 Å². The van der Waals surface area contributed by atoms with E-state index in [2.05, 4.69) is 36.7 Å². The van der Waals surface area contributed by atoms with Crippen LogP contribution in [0.15, 0.2) is 70.2 Å². The Balaban J connectivity index is 1.16. The molecule has 3 aromatic heterocycles. The van der Waals surface area contributed by atoms with Gasteiger partial charge in [-0.1, -0.05) is 11.2 Å². The highest BCUT2D eigenvalue weighted by Gasteiger charge is 2.49. The third-order valence-corrected chi connectivity index (χ3v) is 8.64. The molecule has 42 heavy (non-hydrogen) atoms. The van der Waals surface area contributed by atoms with Crippen LogP contribution in [0.2, 0.25) is 0 Å². The molecule has 4 aromatic rings. The zero-order chi connectivity index (χ0) is 28.8. The van der Waals surface area contributed by atoms with Crippen molar-refractivity contribution in [2.45, 2.75) is 44.7 Å². The summed E-state index contributed by atoms with van der Waals surface area (Å²) in [6.45, 7) is 3.27. The quantitative estimate of drug-likeness (QED) is 0.364. The first kappa shape index (κ1) is 26.1. The van der Waals surface area contributed by atoms with Crippen LogP contribution in [0.4, 0.5) is 11.4 Å². The summed E-state index contributed by atoms with van der Waals surface area (Å²) >= 11 is 0. The lowest BCUT2D eigenvalue weighted by molar-refractivity contribution is -0.126. The van der Waals surface area contributed by atoms with Crippen molar-refractivity contribution in [3.05, 3.63) is 88.4 Å². The number of nitrogens with one attached hydrogen (secondary N) is 2. The summed E-state index contributed by atoms with van der Waals surface area (Å²) < 4.78 is 7.31. The van der Waals surface area contributed by atoms with Crippen LogP contribution < -0.4 is 21.1 Å². The van der Waals surface area contributed by atoms with Gasteiger partial charge >= 0.3 is 0 Å². The number of fused-ring (bicyclic) bond motifs is 8. The summed E-state index contributed by atoms with van der Waals surface area (Å²) in [4.78, 5) is 49.4. The van der Waals surface area contributed by atoms with E-state index in [1.807, 2.05) is 41.0 Å². The molecule has 1 fully saturated rings. The smallest absolute Gasteiger partial charge is 0.250 e. The highest BCUT2D eigenvalue weighted by Crippen LogP contribution is 2.48. The number of nitrogens with zero attached hydrogens (tertiary/aromatic N) is 5. The third kappa shape index (κ3) is 4.74. The van der Waals surface area contributed by atoms with Crippen LogP contribution in [0.3, 0.4) is 0 Å². The number of rotatable bonds is 6. The Morgan fingerprint density at radius 1 is 1.12 bits per heavy atom. The van der Waals surface area contributed by atoms with Crippen LogP contribution in [0.1, 0.15) is 36.4 Å². The zero-order valence-electron chi connectivity index (χ0n) is 23.2. The predicted octanol–water partition coefficient (Wildman–Crippen LogP) is 2.78. The average Bonchev–Trinajstić information content (AvgIpc) is 3.46. The number of hydrogen-bond acceptors (Lipinski definition) is 8. The second-order valence-electron chi connectivity index (χ2n) is 11.4. The fourth-order valence-electron chi connectivity index (χ4n) is 7.00. The lowest BCUT2D eigenvalue weighted by atomic mass is 9.69. The maximum absolute atomic E-state index is 13.9. The molecule has 4 atom stereocenters. The highest BCUT2D eigenvalue weighted by atomic mass is 16.5. The first-order chi connectivity index (χ1) is 20.4. The third-order valence-electron chi connectivity index (χ3n) is 8.64. The van der Waals surface area contributed by atoms with Gasteiger partial charge in [0.05, 0.1) is 5.92 Å². The molecule has 0 spiro atoms. The number of pyridine rings is 2. The minimum Gasteiger partial charge on any atom is -0.366 e. The highest BCUT2D eigenvalue weighted by molar-refractivity contribution is 5.89. The molecule has 3 aliphatic rings. The molecular weight excluding hydrogens is 534 g/mol. The van der Waals surface area contributed by atoms with Crippen molar-refractivity contribution >= 4 is 23.2 Å². The van der Waals surface area contributed by atoms with Crippen LogP contribution in [0.25, 0.3) is 11.4 Å². The maximum Gasteiger partial charge on any atom is 0.250 e. The molecule has 1 saturated heterocycles. The second-order valence-corrected chi connectivity index (χ2v) is 11.4. The van der Waals surface area contributed by atoms with Crippen LogP contribution in [-0.4, -0.2) is 50.6 Å². The van der Waals surface area contributed by atoms with Crippen molar-refractivity contribution in [3.8, 4) is 11.4 Å². The summed E-state index contributed by atoms with van der Waals surface area (Å²) in [5.41, 5.74) is 4.61. The predicted molar refractivity (Wildman–Crippen MR) is 155 cm³/mol. The number of piperidine rings is 1. The molecule has 6 heterocycles. The number of benzene rings is 1. The summed E-state index contributed by atoms with van der Waals surface area (Å²) in [6.07, 6.45) is 5.22. The lowest BCUT2D eigenvalue weighted by Crippen LogP contribution is -2.60. The molecule has 2 amide bonds. The monoisotopic (exact) mass is 565 g/mol. The topological polar surface area (TPSA) is 135 Å². The Morgan fingerprint density at radius 3 is 2.86 bits per heavy atom. The molecule has 11 nitrogen and oxygen atoms in total. The van der Waals surface area contributed by atoms with Gasteiger partial charge in [-0.15, -0.1) is 0 Å². The van der Waals surface area contributed by atoms with Gasteiger partial charge in [-0.3, -0.25) is 19.4 Å². The molecular formula is C31H31N7O4. The number of carbonyl (C=O) groups excluding carboxylic acids is 2. The molecule has 0 saturated carbocycles. The van der Waals surface area contributed by atoms with Crippen molar-refractivity contribution in [2.24, 2.45) is 11.8 Å². The molecule has 1 unspecified atom stereocenters. The van der Waals surface area contributed by atoms with Crippen LogP contribution >= 0.6 is 0 Å². The van der Waals surface area contributed by atoms with E-state index in [0.29, 0.717) is 49.3 Å². The fourth-order valence-corrected chi connectivity index (χ4v) is 7.00. The Kier molecular flexibility index (Phi) is 6.56. The SMILES string of the molecule is CC(=O)Nc1ccc2c(c1)CC(C(=O)NCCc1nc(-c3cccnc3)no1)[C@H]1[C@@H]3C[C@H](CN21)Cn1c3cccc1=O. The largest absolute Gasteiger partial charge is 0.366 e. The van der Waals surface area contributed by atoms with Gasteiger partial charge in [0.2, 0.25) is 23.5 Å². The summed E-state index contributed by atoms with van der Waals surface area (Å²) in [5, 5.41) is 10.0. The van der Waals surface area contributed by atoms with Gasteiger partial charge in [-0.05, 0) is 60.7 Å².